The van der Waals surface area contributed by atoms with Crippen LogP contribution in [0.1, 0.15) is 27.2 Å². The van der Waals surface area contributed by atoms with Crippen LogP contribution in [0.3, 0.4) is 0 Å². The maximum atomic E-state index is 12.5. The molecule has 1 amide bonds. The summed E-state index contributed by atoms with van der Waals surface area (Å²) in [4.78, 5) is 18.4. The Balaban J connectivity index is 2.17. The highest BCUT2D eigenvalue weighted by atomic mass is 16.2. The number of hydrogen-bond donors (Lipinski definition) is 2. The quantitative estimate of drug-likeness (QED) is 0.667. The first-order valence-corrected chi connectivity index (χ1v) is 6.76. The van der Waals surface area contributed by atoms with Crippen molar-refractivity contribution in [2.24, 2.45) is 5.84 Å². The zero-order valence-corrected chi connectivity index (χ0v) is 12.6. The second-order valence-electron chi connectivity index (χ2n) is 5.18. The Bertz CT molecular complexity index is 654. The Morgan fingerprint density at radius 3 is 2.71 bits per heavy atom. The van der Waals surface area contributed by atoms with Gasteiger partial charge in [0.05, 0.1) is 0 Å². The molecule has 0 saturated heterocycles. The van der Waals surface area contributed by atoms with Crippen molar-refractivity contribution in [2.45, 2.75) is 20.4 Å². The fraction of sp³-hybridized carbons (Fsp3) is 0.250. The number of hydrazine groups is 1. The first kappa shape index (κ1) is 15.0. The molecule has 1 aromatic carbocycles. The number of pyridine rings is 1. The van der Waals surface area contributed by atoms with Gasteiger partial charge in [-0.25, -0.2) is 10.8 Å². The molecule has 0 aliphatic rings. The number of amides is 1. The highest BCUT2D eigenvalue weighted by molar-refractivity contribution is 5.94. The van der Waals surface area contributed by atoms with Crippen LogP contribution < -0.4 is 11.3 Å². The molecule has 110 valence electrons. The molecule has 2 rings (SSSR count). The van der Waals surface area contributed by atoms with Gasteiger partial charge in [0.2, 0.25) is 0 Å². The third-order valence-electron chi connectivity index (χ3n) is 3.20. The molecule has 21 heavy (non-hydrogen) atoms. The number of hydrogen-bond acceptors (Lipinski definition) is 4. The molecule has 0 aliphatic heterocycles. The fourth-order valence-corrected chi connectivity index (χ4v) is 2.24. The SMILES string of the molecule is Cc1cccc(CN(C)C(=O)c2cc(C)nc(NN)c2)c1. The van der Waals surface area contributed by atoms with Gasteiger partial charge in [0, 0.05) is 24.8 Å². The molecule has 0 fully saturated rings. The number of anilines is 1. The number of carbonyl (C=O) groups excluding carboxylic acids is 1. The van der Waals surface area contributed by atoms with Gasteiger partial charge in [-0.3, -0.25) is 4.79 Å². The van der Waals surface area contributed by atoms with Crippen LogP contribution in [0.2, 0.25) is 0 Å². The minimum Gasteiger partial charge on any atom is -0.337 e. The van der Waals surface area contributed by atoms with Gasteiger partial charge in [-0.1, -0.05) is 29.8 Å². The molecule has 0 unspecified atom stereocenters. The average molecular weight is 284 g/mol. The summed E-state index contributed by atoms with van der Waals surface area (Å²) in [6, 6.07) is 11.5. The monoisotopic (exact) mass is 284 g/mol. The molecule has 0 aliphatic carbocycles. The van der Waals surface area contributed by atoms with E-state index in [1.807, 2.05) is 32.0 Å². The Morgan fingerprint density at radius 1 is 1.29 bits per heavy atom. The van der Waals surface area contributed by atoms with Gasteiger partial charge < -0.3 is 10.3 Å². The summed E-state index contributed by atoms with van der Waals surface area (Å²) in [5.74, 6) is 5.80. The van der Waals surface area contributed by atoms with E-state index < -0.39 is 0 Å². The van der Waals surface area contributed by atoms with Crippen molar-refractivity contribution in [3.63, 3.8) is 0 Å². The van der Waals surface area contributed by atoms with E-state index in [1.54, 1.807) is 24.1 Å². The summed E-state index contributed by atoms with van der Waals surface area (Å²) in [5, 5.41) is 0. The van der Waals surface area contributed by atoms with Crippen molar-refractivity contribution in [1.29, 1.82) is 0 Å². The lowest BCUT2D eigenvalue weighted by molar-refractivity contribution is 0.0785. The third kappa shape index (κ3) is 3.79. The highest BCUT2D eigenvalue weighted by Crippen LogP contribution is 2.13. The Hall–Kier alpha value is -2.40. The van der Waals surface area contributed by atoms with Crippen LogP contribution in [0.5, 0.6) is 0 Å². The van der Waals surface area contributed by atoms with Crippen molar-refractivity contribution >= 4 is 11.7 Å². The molecule has 2 aromatic rings. The van der Waals surface area contributed by atoms with E-state index >= 15 is 0 Å². The number of benzene rings is 1. The van der Waals surface area contributed by atoms with E-state index in [0.717, 1.165) is 11.3 Å². The lowest BCUT2D eigenvalue weighted by Crippen LogP contribution is -2.26. The topological polar surface area (TPSA) is 71.2 Å². The van der Waals surface area contributed by atoms with Crippen molar-refractivity contribution in [2.75, 3.05) is 12.5 Å². The molecule has 1 aromatic heterocycles. The predicted molar refractivity (Wildman–Crippen MR) is 83.8 cm³/mol. The molecule has 3 N–H and O–H groups in total. The lowest BCUT2D eigenvalue weighted by atomic mass is 10.1. The van der Waals surface area contributed by atoms with E-state index in [9.17, 15) is 4.79 Å². The van der Waals surface area contributed by atoms with Crippen molar-refractivity contribution < 1.29 is 4.79 Å². The maximum absolute atomic E-state index is 12.5. The molecular weight excluding hydrogens is 264 g/mol. The number of aromatic nitrogens is 1. The first-order valence-electron chi connectivity index (χ1n) is 6.76. The van der Waals surface area contributed by atoms with E-state index in [2.05, 4.69) is 16.5 Å². The first-order chi connectivity index (χ1) is 9.99. The summed E-state index contributed by atoms with van der Waals surface area (Å²) in [6.07, 6.45) is 0. The van der Waals surface area contributed by atoms with Crippen LogP contribution in [-0.2, 0) is 6.54 Å². The van der Waals surface area contributed by atoms with Gasteiger partial charge in [0.15, 0.2) is 0 Å². The lowest BCUT2D eigenvalue weighted by Gasteiger charge is -2.18. The van der Waals surface area contributed by atoms with Crippen LogP contribution in [-0.4, -0.2) is 22.8 Å². The molecule has 5 heteroatoms. The number of carbonyl (C=O) groups is 1. The molecule has 0 spiro atoms. The Morgan fingerprint density at radius 2 is 2.05 bits per heavy atom. The average Bonchev–Trinajstić information content (AvgIpc) is 2.45. The van der Waals surface area contributed by atoms with Gasteiger partial charge >= 0.3 is 0 Å². The Kier molecular flexibility index (Phi) is 4.55. The van der Waals surface area contributed by atoms with E-state index in [1.165, 1.54) is 5.56 Å². The van der Waals surface area contributed by atoms with E-state index in [0.29, 0.717) is 17.9 Å². The van der Waals surface area contributed by atoms with E-state index in [-0.39, 0.29) is 5.91 Å². The predicted octanol–water partition coefficient (Wildman–Crippen LogP) is 2.26. The molecule has 1 heterocycles. The van der Waals surface area contributed by atoms with E-state index in [4.69, 9.17) is 5.84 Å². The second-order valence-corrected chi connectivity index (χ2v) is 5.18. The molecule has 0 saturated carbocycles. The number of rotatable bonds is 4. The summed E-state index contributed by atoms with van der Waals surface area (Å²) in [7, 11) is 1.79. The summed E-state index contributed by atoms with van der Waals surface area (Å²) < 4.78 is 0. The van der Waals surface area contributed by atoms with Crippen LogP contribution >= 0.6 is 0 Å². The van der Waals surface area contributed by atoms with Gasteiger partial charge in [0.1, 0.15) is 5.82 Å². The van der Waals surface area contributed by atoms with Crippen molar-refractivity contribution in [3.8, 4) is 0 Å². The molecule has 0 radical (unpaired) electrons. The maximum Gasteiger partial charge on any atom is 0.254 e. The van der Waals surface area contributed by atoms with Gasteiger partial charge in [-0.05, 0) is 31.5 Å². The second kappa shape index (κ2) is 6.37. The minimum atomic E-state index is -0.0569. The van der Waals surface area contributed by atoms with Gasteiger partial charge in [-0.2, -0.15) is 0 Å². The smallest absolute Gasteiger partial charge is 0.254 e. The summed E-state index contributed by atoms with van der Waals surface area (Å²) in [5.41, 5.74) is 6.09. The highest BCUT2D eigenvalue weighted by Gasteiger charge is 2.14. The zero-order valence-electron chi connectivity index (χ0n) is 12.6. The van der Waals surface area contributed by atoms with Crippen molar-refractivity contribution in [1.82, 2.24) is 9.88 Å². The number of aryl methyl sites for hydroxylation is 2. The normalized spacial score (nSPS) is 10.3. The van der Waals surface area contributed by atoms with Gasteiger partial charge in [-0.15, -0.1) is 0 Å². The largest absolute Gasteiger partial charge is 0.337 e. The Labute approximate surface area is 124 Å². The minimum absolute atomic E-state index is 0.0569. The van der Waals surface area contributed by atoms with Crippen LogP contribution in [0.25, 0.3) is 0 Å². The summed E-state index contributed by atoms with van der Waals surface area (Å²) in [6.45, 7) is 4.43. The van der Waals surface area contributed by atoms with Gasteiger partial charge in [0.25, 0.3) is 5.91 Å². The standard InChI is InChI=1S/C16H20N4O/c1-11-5-4-6-13(7-11)10-20(3)16(21)14-8-12(2)18-15(9-14)19-17/h4-9H,10,17H2,1-3H3,(H,18,19). The molecule has 0 atom stereocenters. The fourth-order valence-electron chi connectivity index (χ4n) is 2.24. The number of nitrogens with two attached hydrogens (primary N) is 1. The zero-order chi connectivity index (χ0) is 15.4. The third-order valence-corrected chi connectivity index (χ3v) is 3.20. The molecule has 0 bridgehead atoms. The van der Waals surface area contributed by atoms with Crippen molar-refractivity contribution in [3.05, 3.63) is 58.8 Å². The van der Waals surface area contributed by atoms with Crippen LogP contribution in [0, 0.1) is 13.8 Å². The number of nitrogens with one attached hydrogen (secondary N) is 1. The summed E-state index contributed by atoms with van der Waals surface area (Å²) >= 11 is 0. The number of nitrogens with zero attached hydrogens (tertiary/aromatic N) is 2. The molecule has 5 nitrogen and oxygen atoms in total. The van der Waals surface area contributed by atoms with Crippen LogP contribution in [0.4, 0.5) is 5.82 Å². The number of nitrogen functional groups attached to an aromatic ring is 1. The molecular formula is C16H20N4O. The van der Waals surface area contributed by atoms with Crippen LogP contribution in [0.15, 0.2) is 36.4 Å².